The van der Waals surface area contributed by atoms with Crippen LogP contribution in [0.4, 0.5) is 13.2 Å². The predicted octanol–water partition coefficient (Wildman–Crippen LogP) is 4.42. The van der Waals surface area contributed by atoms with Crippen molar-refractivity contribution in [2.24, 2.45) is 5.73 Å². The first kappa shape index (κ1) is 24.1. The second-order valence-electron chi connectivity index (χ2n) is 8.43. The first-order valence-corrected chi connectivity index (χ1v) is 12.1. The van der Waals surface area contributed by atoms with E-state index in [1.807, 2.05) is 6.92 Å². The fourth-order valence-corrected chi connectivity index (χ4v) is 4.94. The van der Waals surface area contributed by atoms with Gasteiger partial charge in [0.25, 0.3) is 5.91 Å². The molecular weight excluding hydrogens is 495 g/mol. The van der Waals surface area contributed by atoms with Crippen LogP contribution in [-0.2, 0) is 10.9 Å². The molecule has 0 radical (unpaired) electrons. The van der Waals surface area contributed by atoms with Gasteiger partial charge in [0.2, 0.25) is 0 Å². The molecule has 2 N–H and O–H groups in total. The van der Waals surface area contributed by atoms with Crippen molar-refractivity contribution in [3.63, 3.8) is 0 Å². The standard InChI is InChI=1S/C23H22F3N7O2S/c1-3-35-14-7-13(8-14)32-10-18(20(31-32)16-5-4-6-19(28-16)23(24,25)26)33-9-15(12(2)30-33)22-29-17(11-36-22)21(27)34/h4-6,9-11,13-14H,3,7-8H2,1-2H3,(H2,27,34). The van der Waals surface area contributed by atoms with Gasteiger partial charge in [-0.2, -0.15) is 23.4 Å². The second kappa shape index (κ2) is 9.13. The number of nitrogens with zero attached hydrogens (tertiary/aromatic N) is 6. The SMILES string of the molecule is CCOC1CC(n2cc(-n3cc(-c4nc(C(N)=O)cs4)c(C)n3)c(-c3cccc(C(F)(F)F)n3)n2)C1. The summed E-state index contributed by atoms with van der Waals surface area (Å²) in [6.45, 7) is 4.33. The topological polar surface area (TPSA) is 114 Å². The average Bonchev–Trinajstić information content (AvgIpc) is 3.53. The minimum atomic E-state index is -4.59. The highest BCUT2D eigenvalue weighted by atomic mass is 32.1. The van der Waals surface area contributed by atoms with Crippen LogP contribution >= 0.6 is 11.3 Å². The number of carbonyl (C=O) groups is 1. The van der Waals surface area contributed by atoms with E-state index >= 15 is 0 Å². The fraction of sp³-hybridized carbons (Fsp3) is 0.348. The first-order chi connectivity index (χ1) is 17.1. The third-order valence-corrected chi connectivity index (χ3v) is 6.85. The second-order valence-corrected chi connectivity index (χ2v) is 9.28. The third kappa shape index (κ3) is 4.51. The molecule has 4 aromatic heterocycles. The van der Waals surface area contributed by atoms with E-state index in [1.165, 1.54) is 23.5 Å². The zero-order chi connectivity index (χ0) is 25.6. The molecule has 0 spiro atoms. The molecule has 5 rings (SSSR count). The smallest absolute Gasteiger partial charge is 0.378 e. The van der Waals surface area contributed by atoms with Gasteiger partial charge in [-0.05, 0) is 38.8 Å². The van der Waals surface area contributed by atoms with Crippen molar-refractivity contribution in [3.05, 3.63) is 53.1 Å². The highest BCUT2D eigenvalue weighted by molar-refractivity contribution is 7.13. The molecule has 1 amide bonds. The minimum absolute atomic E-state index is 0.0491. The molecule has 36 heavy (non-hydrogen) atoms. The number of aromatic nitrogens is 6. The molecule has 4 aromatic rings. The lowest BCUT2D eigenvalue weighted by Gasteiger charge is -2.34. The quantitative estimate of drug-likeness (QED) is 0.388. The van der Waals surface area contributed by atoms with E-state index in [4.69, 9.17) is 10.5 Å². The van der Waals surface area contributed by atoms with Crippen molar-refractivity contribution < 1.29 is 22.7 Å². The van der Waals surface area contributed by atoms with E-state index in [9.17, 15) is 18.0 Å². The van der Waals surface area contributed by atoms with Crippen LogP contribution in [0.15, 0.2) is 36.0 Å². The zero-order valence-electron chi connectivity index (χ0n) is 19.4. The molecule has 1 fully saturated rings. The van der Waals surface area contributed by atoms with Gasteiger partial charge in [0, 0.05) is 18.2 Å². The molecule has 0 unspecified atom stereocenters. The van der Waals surface area contributed by atoms with Crippen molar-refractivity contribution in [2.75, 3.05) is 6.61 Å². The molecule has 1 saturated carbocycles. The Morgan fingerprint density at radius 3 is 2.67 bits per heavy atom. The van der Waals surface area contributed by atoms with Gasteiger partial charge in [-0.3, -0.25) is 9.48 Å². The Labute approximate surface area is 207 Å². The summed E-state index contributed by atoms with van der Waals surface area (Å²) in [6, 6.07) is 3.77. The molecule has 13 heteroatoms. The van der Waals surface area contributed by atoms with Crippen molar-refractivity contribution in [1.29, 1.82) is 0 Å². The van der Waals surface area contributed by atoms with Crippen LogP contribution in [0.3, 0.4) is 0 Å². The number of ether oxygens (including phenoxy) is 1. The molecular formula is C23H22F3N7O2S. The number of primary amides is 1. The summed E-state index contributed by atoms with van der Waals surface area (Å²) in [7, 11) is 0. The molecule has 4 heterocycles. The molecule has 0 aromatic carbocycles. The monoisotopic (exact) mass is 517 g/mol. The summed E-state index contributed by atoms with van der Waals surface area (Å²) in [5.74, 6) is -0.632. The number of rotatable bonds is 7. The summed E-state index contributed by atoms with van der Waals surface area (Å²) in [5, 5.41) is 11.3. The Bertz CT molecular complexity index is 1420. The lowest BCUT2D eigenvalue weighted by Crippen LogP contribution is -2.33. The van der Waals surface area contributed by atoms with Gasteiger partial charge in [-0.1, -0.05) is 6.07 Å². The molecule has 188 valence electrons. The number of halogens is 3. The van der Waals surface area contributed by atoms with Gasteiger partial charge in [-0.25, -0.2) is 14.6 Å². The molecule has 0 bridgehead atoms. The third-order valence-electron chi connectivity index (χ3n) is 5.97. The van der Waals surface area contributed by atoms with Crippen molar-refractivity contribution in [1.82, 2.24) is 29.5 Å². The maximum atomic E-state index is 13.4. The van der Waals surface area contributed by atoms with Crippen LogP contribution in [0, 0.1) is 6.92 Å². The largest absolute Gasteiger partial charge is 0.433 e. The van der Waals surface area contributed by atoms with Crippen molar-refractivity contribution in [3.8, 4) is 27.6 Å². The predicted molar refractivity (Wildman–Crippen MR) is 126 cm³/mol. The number of alkyl halides is 3. The van der Waals surface area contributed by atoms with Crippen LogP contribution in [0.5, 0.6) is 0 Å². The summed E-state index contributed by atoms with van der Waals surface area (Å²) >= 11 is 1.25. The highest BCUT2D eigenvalue weighted by Crippen LogP contribution is 2.37. The normalized spacial score (nSPS) is 17.8. The van der Waals surface area contributed by atoms with Crippen LogP contribution in [0.25, 0.3) is 27.6 Å². The Morgan fingerprint density at radius 2 is 2.00 bits per heavy atom. The molecule has 1 aliphatic rings. The van der Waals surface area contributed by atoms with Crippen LogP contribution < -0.4 is 5.73 Å². The van der Waals surface area contributed by atoms with Gasteiger partial charge in [0.15, 0.2) is 0 Å². The molecule has 0 aliphatic heterocycles. The Balaban J connectivity index is 1.57. The Morgan fingerprint density at radius 1 is 1.22 bits per heavy atom. The molecule has 0 atom stereocenters. The van der Waals surface area contributed by atoms with E-state index in [2.05, 4.69) is 20.2 Å². The van der Waals surface area contributed by atoms with Crippen LogP contribution in [-0.4, -0.2) is 48.1 Å². The van der Waals surface area contributed by atoms with Crippen molar-refractivity contribution in [2.45, 2.75) is 45.0 Å². The minimum Gasteiger partial charge on any atom is -0.378 e. The van der Waals surface area contributed by atoms with Crippen LogP contribution in [0.1, 0.15) is 47.7 Å². The summed E-state index contributed by atoms with van der Waals surface area (Å²) in [4.78, 5) is 19.6. The van der Waals surface area contributed by atoms with E-state index in [1.54, 1.807) is 34.1 Å². The number of nitrogens with two attached hydrogens (primary N) is 1. The average molecular weight is 518 g/mol. The molecule has 0 saturated heterocycles. The number of hydrogen-bond acceptors (Lipinski definition) is 7. The fourth-order valence-electron chi connectivity index (χ4n) is 4.07. The van der Waals surface area contributed by atoms with Gasteiger partial charge in [0.1, 0.15) is 27.8 Å². The molecule has 1 aliphatic carbocycles. The van der Waals surface area contributed by atoms with E-state index < -0.39 is 17.8 Å². The number of amides is 1. The van der Waals surface area contributed by atoms with Crippen LogP contribution in [0.2, 0.25) is 0 Å². The van der Waals surface area contributed by atoms with Gasteiger partial charge in [0.05, 0.1) is 35.3 Å². The van der Waals surface area contributed by atoms with E-state index in [-0.39, 0.29) is 29.2 Å². The Kier molecular flexibility index (Phi) is 6.12. The number of carbonyl (C=O) groups excluding carboxylic acids is 1. The number of pyridine rings is 1. The summed E-state index contributed by atoms with van der Waals surface area (Å²) < 4.78 is 49.0. The maximum absolute atomic E-state index is 13.4. The summed E-state index contributed by atoms with van der Waals surface area (Å²) in [6.07, 6.45) is 0.519. The number of thiazole rings is 1. The lowest BCUT2D eigenvalue weighted by atomic mass is 9.89. The van der Waals surface area contributed by atoms with Gasteiger partial charge < -0.3 is 10.5 Å². The first-order valence-electron chi connectivity index (χ1n) is 11.2. The number of aryl methyl sites for hydroxylation is 1. The van der Waals surface area contributed by atoms with Gasteiger partial charge in [-0.15, -0.1) is 11.3 Å². The zero-order valence-corrected chi connectivity index (χ0v) is 20.2. The summed E-state index contributed by atoms with van der Waals surface area (Å²) in [5.41, 5.74) is 6.59. The van der Waals surface area contributed by atoms with Crippen molar-refractivity contribution >= 4 is 17.2 Å². The van der Waals surface area contributed by atoms with E-state index in [0.717, 1.165) is 18.9 Å². The Hall–Kier alpha value is -3.58. The van der Waals surface area contributed by atoms with E-state index in [0.29, 0.717) is 28.6 Å². The number of hydrogen-bond donors (Lipinski definition) is 1. The maximum Gasteiger partial charge on any atom is 0.433 e. The lowest BCUT2D eigenvalue weighted by molar-refractivity contribution is -0.141. The van der Waals surface area contributed by atoms with Gasteiger partial charge >= 0.3 is 6.18 Å². The highest BCUT2D eigenvalue weighted by Gasteiger charge is 2.35. The molecule has 9 nitrogen and oxygen atoms in total.